The first-order valence-electron chi connectivity index (χ1n) is 8.41. The van der Waals surface area contributed by atoms with Crippen LogP contribution in [-0.4, -0.2) is 65.2 Å². The van der Waals surface area contributed by atoms with Gasteiger partial charge in [-0.15, -0.1) is 11.3 Å². The largest absolute Gasteiger partial charge is 0.444 e. The molecule has 2 heterocycles. The first kappa shape index (κ1) is 19.7. The lowest BCUT2D eigenvalue weighted by Crippen LogP contribution is -2.61. The molecular weight excluding hydrogens is 342 g/mol. The highest BCUT2D eigenvalue weighted by Crippen LogP contribution is 2.24. The van der Waals surface area contributed by atoms with Crippen molar-refractivity contribution in [1.82, 2.24) is 14.8 Å². The molecule has 0 unspecified atom stereocenters. The van der Waals surface area contributed by atoms with Crippen LogP contribution >= 0.6 is 11.3 Å². The Labute approximate surface area is 152 Å². The monoisotopic (exact) mass is 369 g/mol. The lowest BCUT2D eigenvalue weighted by molar-refractivity contribution is -0.00901. The predicted molar refractivity (Wildman–Crippen MR) is 95.9 cm³/mol. The Balaban J connectivity index is 1.92. The van der Waals surface area contributed by atoms with E-state index < -0.39 is 5.60 Å². The molecule has 25 heavy (non-hydrogen) atoms. The van der Waals surface area contributed by atoms with Crippen molar-refractivity contribution in [1.29, 1.82) is 0 Å². The molecule has 0 saturated carbocycles. The Hall–Kier alpha value is -1.67. The fourth-order valence-corrected chi connectivity index (χ4v) is 3.39. The molecule has 0 N–H and O–H groups in total. The number of amides is 2. The van der Waals surface area contributed by atoms with Crippen LogP contribution in [-0.2, 0) is 16.1 Å². The third-order valence-corrected chi connectivity index (χ3v) is 4.97. The third kappa shape index (κ3) is 4.92. The van der Waals surface area contributed by atoms with Crippen LogP contribution in [0, 0.1) is 6.92 Å². The normalized spacial score (nSPS) is 15.0. The quantitative estimate of drug-likeness (QED) is 0.798. The van der Waals surface area contributed by atoms with Gasteiger partial charge < -0.3 is 19.3 Å². The third-order valence-electron chi connectivity index (χ3n) is 3.85. The highest BCUT2D eigenvalue weighted by atomic mass is 32.1. The van der Waals surface area contributed by atoms with Crippen LogP contribution in [0.2, 0.25) is 0 Å². The van der Waals surface area contributed by atoms with Crippen molar-refractivity contribution in [3.63, 3.8) is 0 Å². The smallest absolute Gasteiger partial charge is 0.410 e. The van der Waals surface area contributed by atoms with Gasteiger partial charge in [-0.05, 0) is 34.6 Å². The summed E-state index contributed by atoms with van der Waals surface area (Å²) in [5, 5.41) is 0.806. The molecule has 0 bridgehead atoms. The van der Waals surface area contributed by atoms with E-state index in [-0.39, 0.29) is 18.0 Å². The zero-order valence-electron chi connectivity index (χ0n) is 15.8. The number of hydrogen-bond acceptors (Lipinski definition) is 6. The highest BCUT2D eigenvalue weighted by molar-refractivity contribution is 7.13. The summed E-state index contributed by atoms with van der Waals surface area (Å²) >= 11 is 1.37. The Bertz CT molecular complexity index is 632. The fraction of sp³-hybridized carbons (Fsp3) is 0.706. The number of likely N-dealkylation sites (N-methyl/N-ethyl adjacent to an activating group) is 1. The average Bonchev–Trinajstić information content (AvgIpc) is 2.81. The molecular formula is C17H27N3O4S. The first-order valence-corrected chi connectivity index (χ1v) is 9.23. The Morgan fingerprint density at radius 2 is 2.00 bits per heavy atom. The topological polar surface area (TPSA) is 72.0 Å². The SMILES string of the molecule is CCOCc1nc(C)c(C(=O)N(C)C2CN(C(=O)OC(C)(C)C)C2)s1. The number of likely N-dealkylation sites (tertiary alicyclic amines) is 1. The maximum atomic E-state index is 12.7. The minimum Gasteiger partial charge on any atom is -0.444 e. The second kappa shape index (κ2) is 7.70. The van der Waals surface area contributed by atoms with Gasteiger partial charge in [-0.25, -0.2) is 9.78 Å². The molecule has 1 aliphatic rings. The van der Waals surface area contributed by atoms with E-state index in [1.165, 1.54) is 11.3 Å². The summed E-state index contributed by atoms with van der Waals surface area (Å²) in [7, 11) is 1.76. The van der Waals surface area contributed by atoms with Crippen molar-refractivity contribution in [3.8, 4) is 0 Å². The second-order valence-electron chi connectivity index (χ2n) is 7.11. The molecule has 0 spiro atoms. The molecule has 7 nitrogen and oxygen atoms in total. The summed E-state index contributed by atoms with van der Waals surface area (Å²) in [6, 6.07) is -0.00291. The summed E-state index contributed by atoms with van der Waals surface area (Å²) in [4.78, 5) is 33.0. The van der Waals surface area contributed by atoms with Crippen LogP contribution < -0.4 is 0 Å². The Morgan fingerprint density at radius 3 is 2.56 bits per heavy atom. The van der Waals surface area contributed by atoms with Crippen LogP contribution in [0.25, 0.3) is 0 Å². The first-order chi connectivity index (χ1) is 11.6. The Morgan fingerprint density at radius 1 is 1.36 bits per heavy atom. The van der Waals surface area contributed by atoms with E-state index in [9.17, 15) is 9.59 Å². The van der Waals surface area contributed by atoms with E-state index >= 15 is 0 Å². The maximum Gasteiger partial charge on any atom is 0.410 e. The number of carbonyl (C=O) groups excluding carboxylic acids is 2. The van der Waals surface area contributed by atoms with Gasteiger partial charge in [-0.2, -0.15) is 0 Å². The summed E-state index contributed by atoms with van der Waals surface area (Å²) in [6.07, 6.45) is -0.336. The van der Waals surface area contributed by atoms with Gasteiger partial charge in [0.05, 0.1) is 18.3 Å². The summed E-state index contributed by atoms with van der Waals surface area (Å²) < 4.78 is 10.7. The molecule has 8 heteroatoms. The van der Waals surface area contributed by atoms with Crippen molar-refractivity contribution >= 4 is 23.3 Å². The molecule has 0 atom stereocenters. The zero-order valence-corrected chi connectivity index (χ0v) is 16.6. The lowest BCUT2D eigenvalue weighted by atomic mass is 10.1. The number of aryl methyl sites for hydroxylation is 1. The van der Waals surface area contributed by atoms with Gasteiger partial charge in [-0.3, -0.25) is 4.79 Å². The maximum absolute atomic E-state index is 12.7. The van der Waals surface area contributed by atoms with Crippen LogP contribution in [0.4, 0.5) is 4.79 Å². The highest BCUT2D eigenvalue weighted by Gasteiger charge is 2.38. The number of ether oxygens (including phenoxy) is 2. The number of thiazole rings is 1. The van der Waals surface area contributed by atoms with E-state index in [1.54, 1.807) is 16.8 Å². The van der Waals surface area contributed by atoms with Crippen LogP contribution in [0.5, 0.6) is 0 Å². The van der Waals surface area contributed by atoms with Crippen molar-refractivity contribution in [2.24, 2.45) is 0 Å². The average molecular weight is 369 g/mol. The molecule has 1 aromatic heterocycles. The molecule has 2 rings (SSSR count). The van der Waals surface area contributed by atoms with E-state index in [1.807, 2.05) is 34.6 Å². The van der Waals surface area contributed by atoms with Crippen LogP contribution in [0.1, 0.15) is 48.1 Å². The lowest BCUT2D eigenvalue weighted by Gasteiger charge is -2.43. The number of rotatable bonds is 5. The standard InChI is InChI=1S/C17H27N3O4S/c1-7-23-10-13-18-11(2)14(25-13)15(21)19(6)12-8-20(9-12)16(22)24-17(3,4)5/h12H,7-10H2,1-6H3. The van der Waals surface area contributed by atoms with Gasteiger partial charge in [-0.1, -0.05) is 0 Å². The number of hydrogen-bond donors (Lipinski definition) is 0. The molecule has 2 amide bonds. The van der Waals surface area contributed by atoms with E-state index in [2.05, 4.69) is 4.98 Å². The number of carbonyl (C=O) groups is 2. The minimum atomic E-state index is -0.513. The zero-order chi connectivity index (χ0) is 18.8. The second-order valence-corrected chi connectivity index (χ2v) is 8.20. The summed E-state index contributed by atoms with van der Waals surface area (Å²) in [5.41, 5.74) is 0.209. The molecule has 140 valence electrons. The molecule has 1 aromatic rings. The van der Waals surface area contributed by atoms with E-state index in [0.29, 0.717) is 31.2 Å². The van der Waals surface area contributed by atoms with Gasteiger partial charge in [0.1, 0.15) is 15.5 Å². The van der Waals surface area contributed by atoms with E-state index in [4.69, 9.17) is 9.47 Å². The number of nitrogens with zero attached hydrogens (tertiary/aromatic N) is 3. The van der Waals surface area contributed by atoms with Crippen LogP contribution in [0.3, 0.4) is 0 Å². The van der Waals surface area contributed by atoms with Crippen LogP contribution in [0.15, 0.2) is 0 Å². The van der Waals surface area contributed by atoms with Crippen molar-refractivity contribution in [2.45, 2.75) is 52.9 Å². The molecule has 0 radical (unpaired) electrons. The van der Waals surface area contributed by atoms with Gasteiger partial charge in [0, 0.05) is 26.7 Å². The molecule has 0 aromatic carbocycles. The summed E-state index contributed by atoms with van der Waals surface area (Å²) in [6.45, 7) is 11.3. The predicted octanol–water partition coefficient (Wildman–Crippen LogP) is 2.68. The minimum absolute atomic E-state index is 0.00291. The van der Waals surface area contributed by atoms with Gasteiger partial charge in [0.25, 0.3) is 5.91 Å². The molecule has 1 fully saturated rings. The molecule has 1 aliphatic heterocycles. The molecule has 1 saturated heterocycles. The summed E-state index contributed by atoms with van der Waals surface area (Å²) in [5.74, 6) is -0.0633. The van der Waals surface area contributed by atoms with Gasteiger partial charge in [0.2, 0.25) is 0 Å². The molecule has 0 aliphatic carbocycles. The van der Waals surface area contributed by atoms with E-state index in [0.717, 1.165) is 10.7 Å². The van der Waals surface area contributed by atoms with Gasteiger partial charge in [0.15, 0.2) is 0 Å². The Kier molecular flexibility index (Phi) is 6.05. The fourth-order valence-electron chi connectivity index (χ4n) is 2.40. The van der Waals surface area contributed by atoms with Crippen molar-refractivity contribution in [2.75, 3.05) is 26.7 Å². The van der Waals surface area contributed by atoms with Crippen molar-refractivity contribution < 1.29 is 19.1 Å². The number of aromatic nitrogens is 1. The van der Waals surface area contributed by atoms with Crippen molar-refractivity contribution in [3.05, 3.63) is 15.6 Å². The van der Waals surface area contributed by atoms with Gasteiger partial charge >= 0.3 is 6.09 Å².